The van der Waals surface area contributed by atoms with E-state index in [1.165, 1.54) is 6.92 Å². The second-order valence-electron chi connectivity index (χ2n) is 4.64. The van der Waals surface area contributed by atoms with Crippen LogP contribution in [0.25, 0.3) is 0 Å². The summed E-state index contributed by atoms with van der Waals surface area (Å²) in [5, 5.41) is 11.8. The second kappa shape index (κ2) is 7.93. The molecule has 1 unspecified atom stereocenters. The summed E-state index contributed by atoms with van der Waals surface area (Å²) in [4.78, 5) is 12.4. The van der Waals surface area contributed by atoms with Crippen molar-refractivity contribution < 1.29 is 19.4 Å². The van der Waals surface area contributed by atoms with E-state index in [4.69, 9.17) is 9.47 Å². The number of aliphatic hydroxyl groups is 1. The van der Waals surface area contributed by atoms with Crippen molar-refractivity contribution in [3.8, 4) is 5.75 Å². The zero-order chi connectivity index (χ0) is 15.1. The molecule has 0 amide bonds. The molecule has 0 fully saturated rings. The predicted octanol–water partition coefficient (Wildman–Crippen LogP) is 2.91. The minimum absolute atomic E-state index is 0.0136. The van der Waals surface area contributed by atoms with Crippen molar-refractivity contribution in [2.45, 2.75) is 19.6 Å². The molecular weight excluding hydrogens is 288 g/mol. The van der Waals surface area contributed by atoms with Crippen molar-refractivity contribution in [3.05, 3.63) is 52.2 Å². The quantitative estimate of drug-likeness (QED) is 0.762. The van der Waals surface area contributed by atoms with E-state index in [9.17, 15) is 9.90 Å². The molecular formula is C16H18O4S. The Bertz CT molecular complexity index is 565. The number of Topliss-reactive ketones (excluding diaryl/α,β-unsaturated/α-hetero) is 1. The van der Waals surface area contributed by atoms with E-state index in [0.717, 1.165) is 4.88 Å². The summed E-state index contributed by atoms with van der Waals surface area (Å²) < 4.78 is 10.9. The molecule has 5 heteroatoms. The zero-order valence-corrected chi connectivity index (χ0v) is 12.6. The Hall–Kier alpha value is -1.69. The third-order valence-corrected chi connectivity index (χ3v) is 3.67. The predicted molar refractivity (Wildman–Crippen MR) is 81.9 cm³/mol. The maximum absolute atomic E-state index is 11.3. The van der Waals surface area contributed by atoms with Crippen LogP contribution in [0.15, 0.2) is 41.8 Å². The molecule has 0 saturated carbocycles. The topological polar surface area (TPSA) is 55.8 Å². The molecule has 1 N–H and O–H groups in total. The molecule has 0 bridgehead atoms. The summed E-state index contributed by atoms with van der Waals surface area (Å²) >= 11 is 1.62. The minimum atomic E-state index is -0.703. The van der Waals surface area contributed by atoms with Crippen molar-refractivity contribution in [2.75, 3.05) is 13.2 Å². The highest BCUT2D eigenvalue weighted by molar-refractivity contribution is 7.09. The van der Waals surface area contributed by atoms with Gasteiger partial charge in [-0.3, -0.25) is 4.79 Å². The number of hydrogen-bond donors (Lipinski definition) is 1. The van der Waals surface area contributed by atoms with Crippen LogP contribution in [-0.4, -0.2) is 30.2 Å². The summed E-state index contributed by atoms with van der Waals surface area (Å²) in [6, 6.07) is 10.9. The van der Waals surface area contributed by atoms with Crippen molar-refractivity contribution in [3.63, 3.8) is 0 Å². The summed E-state index contributed by atoms with van der Waals surface area (Å²) in [7, 11) is 0. The van der Waals surface area contributed by atoms with Gasteiger partial charge in [0.05, 0.1) is 13.2 Å². The molecule has 1 heterocycles. The van der Waals surface area contributed by atoms with Gasteiger partial charge in [-0.25, -0.2) is 0 Å². The lowest BCUT2D eigenvalue weighted by molar-refractivity contribution is 0.00624. The highest BCUT2D eigenvalue weighted by Gasteiger charge is 2.07. The van der Waals surface area contributed by atoms with Crippen LogP contribution >= 0.6 is 11.3 Å². The van der Waals surface area contributed by atoms with E-state index in [-0.39, 0.29) is 19.0 Å². The molecule has 0 saturated heterocycles. The van der Waals surface area contributed by atoms with Gasteiger partial charge < -0.3 is 14.6 Å². The Kier molecular flexibility index (Phi) is 5.92. The van der Waals surface area contributed by atoms with Crippen molar-refractivity contribution in [2.24, 2.45) is 0 Å². The molecule has 112 valence electrons. The fourth-order valence-corrected chi connectivity index (χ4v) is 2.38. The van der Waals surface area contributed by atoms with Gasteiger partial charge in [0.2, 0.25) is 0 Å². The van der Waals surface area contributed by atoms with Gasteiger partial charge in [-0.1, -0.05) is 18.2 Å². The van der Waals surface area contributed by atoms with Gasteiger partial charge in [-0.2, -0.15) is 0 Å². The first-order valence-corrected chi connectivity index (χ1v) is 7.55. The zero-order valence-electron chi connectivity index (χ0n) is 11.8. The van der Waals surface area contributed by atoms with Crippen molar-refractivity contribution in [1.82, 2.24) is 0 Å². The van der Waals surface area contributed by atoms with Gasteiger partial charge in [0.15, 0.2) is 5.78 Å². The van der Waals surface area contributed by atoms with E-state index in [2.05, 4.69) is 0 Å². The third kappa shape index (κ3) is 5.30. The first-order chi connectivity index (χ1) is 10.1. The highest BCUT2D eigenvalue weighted by atomic mass is 32.1. The lowest BCUT2D eigenvalue weighted by Gasteiger charge is -2.13. The number of hydrogen-bond acceptors (Lipinski definition) is 5. The number of carbonyl (C=O) groups excluding carboxylic acids is 1. The maximum atomic E-state index is 11.3. The molecule has 0 radical (unpaired) electrons. The highest BCUT2D eigenvalue weighted by Crippen LogP contribution is 2.14. The number of thiophene rings is 1. The molecule has 0 aliphatic carbocycles. The van der Waals surface area contributed by atoms with Gasteiger partial charge >= 0.3 is 0 Å². The smallest absolute Gasteiger partial charge is 0.159 e. The lowest BCUT2D eigenvalue weighted by atomic mass is 10.1. The SMILES string of the molecule is CC(=O)c1cccc(OCC(O)COCc2cccs2)c1. The number of rotatable bonds is 8. The first kappa shape index (κ1) is 15.7. The van der Waals surface area contributed by atoms with Crippen LogP contribution < -0.4 is 4.74 Å². The third-order valence-electron chi connectivity index (χ3n) is 2.82. The van der Waals surface area contributed by atoms with E-state index in [1.54, 1.807) is 35.6 Å². The molecule has 2 rings (SSSR count). The Morgan fingerprint density at radius 1 is 1.29 bits per heavy atom. The molecule has 4 nitrogen and oxygen atoms in total. The molecule has 1 atom stereocenters. The molecule has 0 spiro atoms. The summed E-state index contributed by atoms with van der Waals surface area (Å²) in [5.41, 5.74) is 0.593. The Morgan fingerprint density at radius 2 is 2.14 bits per heavy atom. The van der Waals surface area contributed by atoms with Gasteiger partial charge in [0.25, 0.3) is 0 Å². The normalized spacial score (nSPS) is 12.1. The largest absolute Gasteiger partial charge is 0.491 e. The van der Waals surface area contributed by atoms with Crippen molar-refractivity contribution >= 4 is 17.1 Å². The maximum Gasteiger partial charge on any atom is 0.159 e. The summed E-state index contributed by atoms with van der Waals surface area (Å²) in [6.45, 7) is 2.34. The number of benzene rings is 1. The van der Waals surface area contributed by atoms with Gasteiger partial charge in [-0.05, 0) is 30.5 Å². The Morgan fingerprint density at radius 3 is 2.86 bits per heavy atom. The Labute approximate surface area is 128 Å². The van der Waals surface area contributed by atoms with Gasteiger partial charge in [-0.15, -0.1) is 11.3 Å². The number of carbonyl (C=O) groups is 1. The molecule has 1 aromatic heterocycles. The number of ether oxygens (including phenoxy) is 2. The van der Waals surface area contributed by atoms with E-state index in [0.29, 0.717) is 17.9 Å². The summed E-state index contributed by atoms with van der Waals surface area (Å²) in [6.07, 6.45) is -0.703. The van der Waals surface area contributed by atoms with Crippen LogP contribution in [0.1, 0.15) is 22.2 Å². The van der Waals surface area contributed by atoms with Gasteiger partial charge in [0, 0.05) is 10.4 Å². The fourth-order valence-electron chi connectivity index (χ4n) is 1.74. The molecule has 2 aromatic rings. The molecule has 21 heavy (non-hydrogen) atoms. The fraction of sp³-hybridized carbons (Fsp3) is 0.312. The van der Waals surface area contributed by atoms with Crippen LogP contribution in [0.5, 0.6) is 5.75 Å². The number of ketones is 1. The average Bonchev–Trinajstić information content (AvgIpc) is 2.99. The monoisotopic (exact) mass is 306 g/mol. The van der Waals surface area contributed by atoms with Gasteiger partial charge in [0.1, 0.15) is 18.5 Å². The van der Waals surface area contributed by atoms with E-state index < -0.39 is 6.10 Å². The standard InChI is InChI=1S/C16H18O4S/c1-12(17)13-4-2-5-15(8-13)20-10-14(18)9-19-11-16-6-3-7-21-16/h2-8,14,18H,9-11H2,1H3. The number of aliphatic hydroxyl groups excluding tert-OH is 1. The van der Waals surface area contributed by atoms with Crippen LogP contribution in [0, 0.1) is 0 Å². The molecule has 0 aliphatic rings. The van der Waals surface area contributed by atoms with Crippen LogP contribution in [0.4, 0.5) is 0 Å². The lowest BCUT2D eigenvalue weighted by Crippen LogP contribution is -2.23. The Balaban J connectivity index is 1.72. The second-order valence-corrected chi connectivity index (χ2v) is 5.68. The first-order valence-electron chi connectivity index (χ1n) is 6.67. The van der Waals surface area contributed by atoms with E-state index in [1.807, 2.05) is 17.5 Å². The van der Waals surface area contributed by atoms with Crippen molar-refractivity contribution in [1.29, 1.82) is 0 Å². The average molecular weight is 306 g/mol. The minimum Gasteiger partial charge on any atom is -0.491 e. The van der Waals surface area contributed by atoms with Crippen LogP contribution in [0.2, 0.25) is 0 Å². The van der Waals surface area contributed by atoms with Crippen LogP contribution in [-0.2, 0) is 11.3 Å². The molecule has 0 aliphatic heterocycles. The summed E-state index contributed by atoms with van der Waals surface area (Å²) in [5.74, 6) is 0.556. The van der Waals surface area contributed by atoms with Crippen LogP contribution in [0.3, 0.4) is 0 Å². The molecule has 1 aromatic carbocycles. The van der Waals surface area contributed by atoms with E-state index >= 15 is 0 Å².